The molecule has 8 nitrogen and oxygen atoms in total. The van der Waals surface area contributed by atoms with Crippen LogP contribution in [0.15, 0.2) is 30.6 Å². The fourth-order valence-electron chi connectivity index (χ4n) is 3.48. The van der Waals surface area contributed by atoms with Crippen LogP contribution < -0.4 is 9.80 Å². The Kier molecular flexibility index (Phi) is 5.85. The van der Waals surface area contributed by atoms with E-state index in [-0.39, 0.29) is 10.6 Å². The number of aromatic nitrogens is 2. The predicted molar refractivity (Wildman–Crippen MR) is 107 cm³/mol. The van der Waals surface area contributed by atoms with E-state index in [0.717, 1.165) is 44.0 Å². The van der Waals surface area contributed by atoms with Crippen LogP contribution in [0.5, 0.6) is 0 Å². The number of likely N-dealkylation sites (N-methyl/N-ethyl adjacent to an activating group) is 1. The minimum Gasteiger partial charge on any atom is -0.348 e. The van der Waals surface area contributed by atoms with Gasteiger partial charge in [-0.3, -0.25) is 10.1 Å². The van der Waals surface area contributed by atoms with E-state index in [0.29, 0.717) is 18.2 Å². The molecule has 0 unspecified atom stereocenters. The van der Waals surface area contributed by atoms with Crippen molar-refractivity contribution < 1.29 is 4.92 Å². The summed E-state index contributed by atoms with van der Waals surface area (Å²) >= 11 is 0. The zero-order valence-corrected chi connectivity index (χ0v) is 16.1. The van der Waals surface area contributed by atoms with Crippen LogP contribution in [-0.2, 0) is 0 Å². The van der Waals surface area contributed by atoms with Gasteiger partial charge in [-0.1, -0.05) is 19.1 Å². The Balaban J connectivity index is 2.02. The van der Waals surface area contributed by atoms with Gasteiger partial charge in [0.2, 0.25) is 11.6 Å². The van der Waals surface area contributed by atoms with E-state index >= 15 is 0 Å². The van der Waals surface area contributed by atoms with Crippen LogP contribution in [-0.4, -0.2) is 59.1 Å². The molecule has 1 aromatic heterocycles. The van der Waals surface area contributed by atoms with Crippen molar-refractivity contribution in [2.45, 2.75) is 20.8 Å². The minimum absolute atomic E-state index is 0.0224. The molecule has 0 atom stereocenters. The van der Waals surface area contributed by atoms with Crippen molar-refractivity contribution in [3.63, 3.8) is 0 Å². The number of benzene rings is 1. The van der Waals surface area contributed by atoms with Crippen molar-refractivity contribution in [1.29, 1.82) is 0 Å². The van der Waals surface area contributed by atoms with Gasteiger partial charge >= 0.3 is 5.69 Å². The lowest BCUT2D eigenvalue weighted by Gasteiger charge is -2.34. The van der Waals surface area contributed by atoms with Crippen molar-refractivity contribution in [3.8, 4) is 0 Å². The SMILES string of the molecule is CCN1CCN(c2ncnc(N(CC)c3cccc(C)c3)c2[N+](=O)[O-])CC1. The Morgan fingerprint density at radius 2 is 1.93 bits per heavy atom. The van der Waals surface area contributed by atoms with Crippen LogP contribution >= 0.6 is 0 Å². The van der Waals surface area contributed by atoms with Crippen LogP contribution in [0.1, 0.15) is 19.4 Å². The zero-order chi connectivity index (χ0) is 19.4. The van der Waals surface area contributed by atoms with E-state index in [9.17, 15) is 10.1 Å². The van der Waals surface area contributed by atoms with Crippen LogP contribution in [0.4, 0.5) is 23.0 Å². The highest BCUT2D eigenvalue weighted by molar-refractivity contribution is 5.76. The second-order valence-electron chi connectivity index (χ2n) is 6.63. The molecule has 0 spiro atoms. The first-order valence-corrected chi connectivity index (χ1v) is 9.36. The molecule has 27 heavy (non-hydrogen) atoms. The molecule has 0 aliphatic carbocycles. The highest BCUT2D eigenvalue weighted by atomic mass is 16.6. The Bertz CT molecular complexity index is 805. The van der Waals surface area contributed by atoms with E-state index in [4.69, 9.17) is 0 Å². The smallest absolute Gasteiger partial charge is 0.348 e. The fourth-order valence-corrected chi connectivity index (χ4v) is 3.48. The first-order valence-electron chi connectivity index (χ1n) is 9.36. The van der Waals surface area contributed by atoms with Crippen LogP contribution in [0.2, 0.25) is 0 Å². The summed E-state index contributed by atoms with van der Waals surface area (Å²) in [6.45, 7) is 10.9. The maximum Gasteiger partial charge on any atom is 0.353 e. The quantitative estimate of drug-likeness (QED) is 0.571. The molecule has 8 heteroatoms. The second kappa shape index (κ2) is 8.30. The third-order valence-corrected chi connectivity index (χ3v) is 4.97. The molecular weight excluding hydrogens is 344 g/mol. The van der Waals surface area contributed by atoms with E-state index in [2.05, 4.69) is 21.8 Å². The van der Waals surface area contributed by atoms with Crippen molar-refractivity contribution in [2.24, 2.45) is 0 Å². The third kappa shape index (κ3) is 4.00. The number of piperazine rings is 1. The lowest BCUT2D eigenvalue weighted by atomic mass is 10.2. The summed E-state index contributed by atoms with van der Waals surface area (Å²) in [4.78, 5) is 26.4. The molecule has 0 N–H and O–H groups in total. The second-order valence-corrected chi connectivity index (χ2v) is 6.63. The molecule has 2 heterocycles. The molecule has 1 aliphatic heterocycles. The molecule has 1 fully saturated rings. The average molecular weight is 370 g/mol. The number of anilines is 3. The summed E-state index contributed by atoms with van der Waals surface area (Å²) in [7, 11) is 0. The molecule has 1 saturated heterocycles. The number of hydrogen-bond donors (Lipinski definition) is 0. The highest BCUT2D eigenvalue weighted by Gasteiger charge is 2.31. The number of aryl methyl sites for hydroxylation is 1. The number of hydrogen-bond acceptors (Lipinski definition) is 7. The van der Waals surface area contributed by atoms with Crippen LogP contribution in [0, 0.1) is 17.0 Å². The molecule has 144 valence electrons. The normalized spacial score (nSPS) is 15.0. The van der Waals surface area contributed by atoms with E-state index in [1.807, 2.05) is 47.9 Å². The maximum atomic E-state index is 12.0. The Morgan fingerprint density at radius 3 is 2.52 bits per heavy atom. The number of nitro groups is 1. The monoisotopic (exact) mass is 370 g/mol. The van der Waals surface area contributed by atoms with Crippen molar-refractivity contribution in [2.75, 3.05) is 49.1 Å². The van der Waals surface area contributed by atoms with Gasteiger partial charge in [0.25, 0.3) is 0 Å². The van der Waals surface area contributed by atoms with Gasteiger partial charge < -0.3 is 14.7 Å². The number of nitrogens with zero attached hydrogens (tertiary/aromatic N) is 6. The molecule has 0 bridgehead atoms. The van der Waals surface area contributed by atoms with Gasteiger partial charge in [-0.2, -0.15) is 0 Å². The topological polar surface area (TPSA) is 78.6 Å². The molecule has 0 radical (unpaired) electrons. The molecule has 0 amide bonds. The van der Waals surface area contributed by atoms with Crippen molar-refractivity contribution in [1.82, 2.24) is 14.9 Å². The van der Waals surface area contributed by atoms with Crippen molar-refractivity contribution >= 4 is 23.0 Å². The Hall–Kier alpha value is -2.74. The Labute approximate surface area is 159 Å². The zero-order valence-electron chi connectivity index (χ0n) is 16.1. The van der Waals surface area contributed by atoms with Gasteiger partial charge in [0, 0.05) is 38.4 Å². The minimum atomic E-state index is -0.352. The molecule has 1 aromatic carbocycles. The number of rotatable bonds is 6. The summed E-state index contributed by atoms with van der Waals surface area (Å²) < 4.78 is 0. The van der Waals surface area contributed by atoms with Gasteiger partial charge in [-0.25, -0.2) is 9.97 Å². The first kappa shape index (κ1) is 19.0. The molecular formula is C19H26N6O2. The Morgan fingerprint density at radius 1 is 1.19 bits per heavy atom. The van der Waals surface area contributed by atoms with Crippen LogP contribution in [0.3, 0.4) is 0 Å². The van der Waals surface area contributed by atoms with E-state index in [1.54, 1.807) is 0 Å². The lowest BCUT2D eigenvalue weighted by Crippen LogP contribution is -2.46. The summed E-state index contributed by atoms with van der Waals surface area (Å²) in [5, 5.41) is 12.0. The lowest BCUT2D eigenvalue weighted by molar-refractivity contribution is -0.383. The molecule has 1 aliphatic rings. The molecule has 0 saturated carbocycles. The van der Waals surface area contributed by atoms with Crippen LogP contribution in [0.25, 0.3) is 0 Å². The molecule has 3 rings (SSSR count). The van der Waals surface area contributed by atoms with Crippen molar-refractivity contribution in [3.05, 3.63) is 46.3 Å². The highest BCUT2D eigenvalue weighted by Crippen LogP contribution is 2.37. The van der Waals surface area contributed by atoms with Gasteiger partial charge in [-0.15, -0.1) is 0 Å². The standard InChI is InChI=1S/C19H26N6O2/c1-4-22-9-11-23(12-10-22)18-17(25(26)27)19(21-14-20-18)24(5-2)16-8-6-7-15(3)13-16/h6-8,13-14H,4-5,9-12H2,1-3H3. The van der Waals surface area contributed by atoms with Gasteiger partial charge in [0.15, 0.2) is 0 Å². The summed E-state index contributed by atoms with van der Waals surface area (Å²) in [6.07, 6.45) is 1.43. The van der Waals surface area contributed by atoms with E-state index in [1.165, 1.54) is 6.33 Å². The van der Waals surface area contributed by atoms with Gasteiger partial charge in [0.05, 0.1) is 4.92 Å². The summed E-state index contributed by atoms with van der Waals surface area (Å²) in [5.41, 5.74) is 1.96. The fraction of sp³-hybridized carbons (Fsp3) is 0.474. The summed E-state index contributed by atoms with van der Waals surface area (Å²) in [5.74, 6) is 0.753. The molecule has 2 aromatic rings. The average Bonchev–Trinajstić information content (AvgIpc) is 2.68. The predicted octanol–water partition coefficient (Wildman–Crippen LogP) is 2.99. The van der Waals surface area contributed by atoms with Gasteiger partial charge in [-0.05, 0) is 38.1 Å². The summed E-state index contributed by atoms with van der Waals surface area (Å²) in [6, 6.07) is 7.91. The third-order valence-electron chi connectivity index (χ3n) is 4.97. The first-order chi connectivity index (χ1) is 13.0. The van der Waals surface area contributed by atoms with Gasteiger partial charge in [0.1, 0.15) is 6.33 Å². The maximum absolute atomic E-state index is 12.0. The largest absolute Gasteiger partial charge is 0.353 e. The van der Waals surface area contributed by atoms with E-state index < -0.39 is 0 Å².